The summed E-state index contributed by atoms with van der Waals surface area (Å²) >= 11 is 1.97. The van der Waals surface area contributed by atoms with E-state index in [1.165, 1.54) is 22.6 Å². The van der Waals surface area contributed by atoms with Gasteiger partial charge in [0.1, 0.15) is 5.75 Å². The molecule has 0 aliphatic carbocycles. The molecule has 0 saturated carbocycles. The molecule has 1 N–H and O–H groups in total. The molecule has 0 heterocycles. The van der Waals surface area contributed by atoms with Crippen LogP contribution >= 0.6 is 11.8 Å². The van der Waals surface area contributed by atoms with Gasteiger partial charge in [0.15, 0.2) is 0 Å². The number of nitrogens with one attached hydrogen (secondary N) is 1. The van der Waals surface area contributed by atoms with E-state index in [2.05, 4.69) is 51.2 Å². The average Bonchev–Trinajstić information content (AvgIpc) is 2.38. The summed E-state index contributed by atoms with van der Waals surface area (Å²) in [5.41, 5.74) is 2.55. The van der Waals surface area contributed by atoms with E-state index in [0.29, 0.717) is 6.04 Å². The van der Waals surface area contributed by atoms with Crippen LogP contribution in [0.25, 0.3) is 0 Å². The van der Waals surface area contributed by atoms with Crippen molar-refractivity contribution in [2.45, 2.75) is 46.7 Å². The number of rotatable bonds is 9. The van der Waals surface area contributed by atoms with Crippen LogP contribution in [0.15, 0.2) is 18.2 Å². The highest BCUT2D eigenvalue weighted by Gasteiger charge is 2.05. The summed E-state index contributed by atoms with van der Waals surface area (Å²) in [5.74, 6) is 3.40. The Hall–Kier alpha value is -0.670. The lowest BCUT2D eigenvalue weighted by atomic mass is 10.1. The van der Waals surface area contributed by atoms with Crippen molar-refractivity contribution in [2.75, 3.05) is 18.1 Å². The van der Waals surface area contributed by atoms with E-state index in [0.717, 1.165) is 25.3 Å². The summed E-state index contributed by atoms with van der Waals surface area (Å²) in [6, 6.07) is 6.93. The second-order valence-electron chi connectivity index (χ2n) is 5.05. The molecule has 0 radical (unpaired) electrons. The van der Waals surface area contributed by atoms with Crippen LogP contribution in [0.3, 0.4) is 0 Å². The van der Waals surface area contributed by atoms with E-state index < -0.39 is 0 Å². The molecular formula is C16H27NOS. The molecule has 0 fully saturated rings. The molecule has 0 atom stereocenters. The molecule has 1 rings (SSSR count). The predicted molar refractivity (Wildman–Crippen MR) is 86.3 cm³/mol. The lowest BCUT2D eigenvalue weighted by Gasteiger charge is -2.14. The van der Waals surface area contributed by atoms with E-state index in [-0.39, 0.29) is 0 Å². The van der Waals surface area contributed by atoms with Gasteiger partial charge < -0.3 is 10.1 Å². The third-order valence-corrected chi connectivity index (χ3v) is 3.80. The van der Waals surface area contributed by atoms with E-state index in [4.69, 9.17) is 4.74 Å². The van der Waals surface area contributed by atoms with Crippen molar-refractivity contribution < 1.29 is 4.74 Å². The Bertz CT molecular complexity index is 366. The molecule has 0 aliphatic heterocycles. The second kappa shape index (κ2) is 9.27. The zero-order valence-electron chi connectivity index (χ0n) is 12.7. The first-order valence-corrected chi connectivity index (χ1v) is 8.32. The fraction of sp³-hybridized carbons (Fsp3) is 0.625. The van der Waals surface area contributed by atoms with Crippen molar-refractivity contribution in [3.63, 3.8) is 0 Å². The van der Waals surface area contributed by atoms with Gasteiger partial charge in [-0.1, -0.05) is 38.5 Å². The minimum atomic E-state index is 0.495. The topological polar surface area (TPSA) is 21.3 Å². The summed E-state index contributed by atoms with van der Waals surface area (Å²) < 4.78 is 5.92. The standard InChI is InChI=1S/C16H27NOS/c1-5-19-10-6-9-18-16-8-7-14(4)11-15(16)12-17-13(2)3/h7-8,11,13,17H,5-6,9-10,12H2,1-4H3. The van der Waals surface area contributed by atoms with Crippen molar-refractivity contribution in [3.05, 3.63) is 29.3 Å². The predicted octanol–water partition coefficient (Wildman–Crippen LogP) is 4.02. The van der Waals surface area contributed by atoms with Gasteiger partial charge in [0.2, 0.25) is 0 Å². The van der Waals surface area contributed by atoms with Gasteiger partial charge in [0, 0.05) is 18.2 Å². The van der Waals surface area contributed by atoms with E-state index in [9.17, 15) is 0 Å². The number of ether oxygens (including phenoxy) is 1. The van der Waals surface area contributed by atoms with Crippen LogP contribution in [-0.4, -0.2) is 24.2 Å². The van der Waals surface area contributed by atoms with Crippen molar-refractivity contribution in [1.82, 2.24) is 5.32 Å². The quantitative estimate of drug-likeness (QED) is 0.691. The molecule has 0 saturated heterocycles. The SMILES string of the molecule is CCSCCCOc1ccc(C)cc1CNC(C)C. The Morgan fingerprint density at radius 2 is 2.11 bits per heavy atom. The first-order valence-electron chi connectivity index (χ1n) is 7.17. The van der Waals surface area contributed by atoms with Crippen molar-refractivity contribution in [1.29, 1.82) is 0 Å². The van der Waals surface area contributed by atoms with Crippen LogP contribution in [0, 0.1) is 6.92 Å². The highest BCUT2D eigenvalue weighted by atomic mass is 32.2. The van der Waals surface area contributed by atoms with Gasteiger partial charge in [-0.3, -0.25) is 0 Å². The monoisotopic (exact) mass is 281 g/mol. The molecule has 1 aromatic carbocycles. The van der Waals surface area contributed by atoms with Crippen LogP contribution < -0.4 is 10.1 Å². The third kappa shape index (κ3) is 6.88. The van der Waals surface area contributed by atoms with Crippen LogP contribution in [0.5, 0.6) is 5.75 Å². The van der Waals surface area contributed by atoms with Gasteiger partial charge in [-0.05, 0) is 30.9 Å². The van der Waals surface area contributed by atoms with Gasteiger partial charge in [-0.15, -0.1) is 0 Å². The second-order valence-corrected chi connectivity index (χ2v) is 6.44. The molecule has 2 nitrogen and oxygen atoms in total. The number of hydrogen-bond donors (Lipinski definition) is 1. The summed E-state index contributed by atoms with van der Waals surface area (Å²) in [5, 5.41) is 3.46. The molecule has 19 heavy (non-hydrogen) atoms. The van der Waals surface area contributed by atoms with E-state index >= 15 is 0 Å². The largest absolute Gasteiger partial charge is 0.493 e. The molecule has 0 unspecified atom stereocenters. The Morgan fingerprint density at radius 1 is 1.32 bits per heavy atom. The minimum absolute atomic E-state index is 0.495. The van der Waals surface area contributed by atoms with Crippen molar-refractivity contribution in [2.24, 2.45) is 0 Å². The smallest absolute Gasteiger partial charge is 0.123 e. The van der Waals surface area contributed by atoms with Gasteiger partial charge in [0.25, 0.3) is 0 Å². The molecule has 1 aromatic rings. The average molecular weight is 281 g/mol. The highest BCUT2D eigenvalue weighted by Crippen LogP contribution is 2.20. The summed E-state index contributed by atoms with van der Waals surface area (Å²) in [7, 11) is 0. The van der Waals surface area contributed by atoms with Crippen LogP contribution in [0.1, 0.15) is 38.3 Å². The Labute approximate surface area is 122 Å². The fourth-order valence-corrected chi connectivity index (χ4v) is 2.40. The molecule has 0 aliphatic rings. The lowest BCUT2D eigenvalue weighted by molar-refractivity contribution is 0.314. The van der Waals surface area contributed by atoms with E-state index in [1.54, 1.807) is 0 Å². The van der Waals surface area contributed by atoms with Crippen LogP contribution in [0.2, 0.25) is 0 Å². The molecule has 0 spiro atoms. The minimum Gasteiger partial charge on any atom is -0.493 e. The maximum Gasteiger partial charge on any atom is 0.123 e. The van der Waals surface area contributed by atoms with Gasteiger partial charge in [0.05, 0.1) is 6.61 Å². The zero-order valence-corrected chi connectivity index (χ0v) is 13.5. The normalized spacial score (nSPS) is 11.0. The lowest BCUT2D eigenvalue weighted by Crippen LogP contribution is -2.22. The molecule has 0 bridgehead atoms. The maximum absolute atomic E-state index is 5.92. The number of hydrogen-bond acceptors (Lipinski definition) is 3. The Balaban J connectivity index is 2.50. The Kier molecular flexibility index (Phi) is 7.99. The summed E-state index contributed by atoms with van der Waals surface area (Å²) in [6.45, 7) is 10.3. The fourth-order valence-electron chi connectivity index (χ4n) is 1.79. The van der Waals surface area contributed by atoms with Crippen LogP contribution in [0.4, 0.5) is 0 Å². The number of thioether (sulfide) groups is 1. The van der Waals surface area contributed by atoms with Crippen molar-refractivity contribution in [3.8, 4) is 5.75 Å². The Morgan fingerprint density at radius 3 is 2.79 bits per heavy atom. The summed E-state index contributed by atoms with van der Waals surface area (Å²) in [4.78, 5) is 0. The molecule has 108 valence electrons. The van der Waals surface area contributed by atoms with E-state index in [1.807, 2.05) is 11.8 Å². The van der Waals surface area contributed by atoms with Gasteiger partial charge >= 0.3 is 0 Å². The van der Waals surface area contributed by atoms with Crippen LogP contribution in [-0.2, 0) is 6.54 Å². The molecule has 0 amide bonds. The van der Waals surface area contributed by atoms with Gasteiger partial charge in [-0.2, -0.15) is 11.8 Å². The van der Waals surface area contributed by atoms with Crippen molar-refractivity contribution >= 4 is 11.8 Å². The maximum atomic E-state index is 5.92. The zero-order chi connectivity index (χ0) is 14.1. The first-order chi connectivity index (χ1) is 9.13. The third-order valence-electron chi connectivity index (χ3n) is 2.81. The molecular weight excluding hydrogens is 254 g/mol. The number of benzene rings is 1. The first kappa shape index (κ1) is 16.4. The molecule has 0 aromatic heterocycles. The highest BCUT2D eigenvalue weighted by molar-refractivity contribution is 7.99. The molecule has 3 heteroatoms. The summed E-state index contributed by atoms with van der Waals surface area (Å²) in [6.07, 6.45) is 1.11. The number of aryl methyl sites for hydroxylation is 1. The van der Waals surface area contributed by atoms with Gasteiger partial charge in [-0.25, -0.2) is 0 Å².